The Kier molecular flexibility index (Phi) is 2.58. The monoisotopic (exact) mass is 245 g/mol. The number of halogens is 1. The maximum Gasteiger partial charge on any atom is 0.131 e. The minimum Gasteiger partial charge on any atom is -0.383 e. The Morgan fingerprint density at radius 1 is 1.44 bits per heavy atom. The van der Waals surface area contributed by atoms with Crippen LogP contribution in [0.5, 0.6) is 0 Å². The number of hydrogen-bond acceptors (Lipinski definition) is 2. The highest BCUT2D eigenvalue weighted by molar-refractivity contribution is 5.71. The third-order valence-electron chi connectivity index (χ3n) is 3.35. The number of imidazole rings is 1. The molecule has 1 aliphatic carbocycles. The van der Waals surface area contributed by atoms with Crippen LogP contribution in [-0.4, -0.2) is 9.55 Å². The summed E-state index contributed by atoms with van der Waals surface area (Å²) in [4.78, 5) is 4.57. The van der Waals surface area contributed by atoms with Crippen molar-refractivity contribution in [1.29, 1.82) is 0 Å². The molecule has 0 saturated heterocycles. The Morgan fingerprint density at radius 2 is 2.22 bits per heavy atom. The van der Waals surface area contributed by atoms with Crippen molar-refractivity contribution in [2.45, 2.75) is 32.2 Å². The van der Waals surface area contributed by atoms with Gasteiger partial charge in [-0.15, -0.1) is 0 Å². The van der Waals surface area contributed by atoms with Crippen LogP contribution in [-0.2, 0) is 6.42 Å². The van der Waals surface area contributed by atoms with Crippen LogP contribution in [0.1, 0.15) is 31.6 Å². The first kappa shape index (κ1) is 11.3. The molecule has 0 bridgehead atoms. The van der Waals surface area contributed by atoms with Crippen LogP contribution < -0.4 is 5.73 Å². The highest BCUT2D eigenvalue weighted by atomic mass is 19.1. The quantitative estimate of drug-likeness (QED) is 0.902. The van der Waals surface area contributed by atoms with Gasteiger partial charge in [0, 0.05) is 18.0 Å². The number of hydrogen-bond donors (Lipinski definition) is 1. The lowest BCUT2D eigenvalue weighted by molar-refractivity contribution is 0.628. The van der Waals surface area contributed by atoms with E-state index >= 15 is 0 Å². The van der Waals surface area contributed by atoms with E-state index in [4.69, 9.17) is 5.73 Å². The normalized spacial score (nSPS) is 15.0. The molecule has 1 heterocycles. The second-order valence-corrected chi connectivity index (χ2v) is 4.73. The summed E-state index contributed by atoms with van der Waals surface area (Å²) < 4.78 is 15.4. The number of nitrogen functional groups attached to an aromatic ring is 1. The van der Waals surface area contributed by atoms with Crippen LogP contribution in [0.25, 0.3) is 11.3 Å². The molecule has 94 valence electrons. The molecule has 0 aliphatic heterocycles. The highest BCUT2D eigenvalue weighted by Crippen LogP contribution is 2.40. The maximum absolute atomic E-state index is 13.3. The SMILES string of the molecule is CCc1nc(-c2cccc(F)c2)c(N)n1C1CC1. The Labute approximate surface area is 105 Å². The van der Waals surface area contributed by atoms with Crippen LogP contribution in [0.2, 0.25) is 0 Å². The molecule has 1 aromatic carbocycles. The van der Waals surface area contributed by atoms with E-state index in [2.05, 4.69) is 16.5 Å². The topological polar surface area (TPSA) is 43.8 Å². The molecule has 0 spiro atoms. The molecule has 4 heteroatoms. The minimum atomic E-state index is -0.258. The van der Waals surface area contributed by atoms with Crippen molar-refractivity contribution < 1.29 is 4.39 Å². The summed E-state index contributed by atoms with van der Waals surface area (Å²) in [6, 6.07) is 6.94. The second-order valence-electron chi connectivity index (χ2n) is 4.73. The van der Waals surface area contributed by atoms with Crippen LogP contribution in [0.3, 0.4) is 0 Å². The third-order valence-corrected chi connectivity index (χ3v) is 3.35. The fourth-order valence-electron chi connectivity index (χ4n) is 2.33. The van der Waals surface area contributed by atoms with Gasteiger partial charge in [0.25, 0.3) is 0 Å². The second kappa shape index (κ2) is 4.12. The molecule has 1 aliphatic rings. The van der Waals surface area contributed by atoms with Crippen molar-refractivity contribution >= 4 is 5.82 Å². The van der Waals surface area contributed by atoms with Gasteiger partial charge in [-0.05, 0) is 25.0 Å². The minimum absolute atomic E-state index is 0.258. The smallest absolute Gasteiger partial charge is 0.131 e. The largest absolute Gasteiger partial charge is 0.383 e. The Hall–Kier alpha value is -1.84. The lowest BCUT2D eigenvalue weighted by atomic mass is 10.1. The average Bonchev–Trinajstić information content (AvgIpc) is 3.13. The zero-order valence-electron chi connectivity index (χ0n) is 10.4. The number of nitrogens with zero attached hydrogens (tertiary/aromatic N) is 2. The van der Waals surface area contributed by atoms with Crippen LogP contribution >= 0.6 is 0 Å². The Balaban J connectivity index is 2.12. The van der Waals surface area contributed by atoms with Gasteiger partial charge in [0.15, 0.2) is 0 Å². The molecule has 0 atom stereocenters. The molecule has 1 fully saturated rings. The fourth-order valence-corrected chi connectivity index (χ4v) is 2.33. The van der Waals surface area contributed by atoms with Crippen molar-refractivity contribution in [2.24, 2.45) is 0 Å². The molecule has 18 heavy (non-hydrogen) atoms. The molecule has 1 aromatic heterocycles. The van der Waals surface area contributed by atoms with Crippen LogP contribution in [0.15, 0.2) is 24.3 Å². The summed E-state index contributed by atoms with van der Waals surface area (Å²) in [5.74, 6) is 1.40. The van der Waals surface area contributed by atoms with E-state index in [9.17, 15) is 4.39 Å². The highest BCUT2D eigenvalue weighted by Gasteiger charge is 2.29. The van der Waals surface area contributed by atoms with Gasteiger partial charge in [-0.25, -0.2) is 9.37 Å². The first-order chi connectivity index (χ1) is 8.70. The predicted octanol–water partition coefficient (Wildman–Crippen LogP) is 3.17. The predicted molar refractivity (Wildman–Crippen MR) is 69.7 cm³/mol. The molecule has 2 aromatic rings. The summed E-state index contributed by atoms with van der Waals surface area (Å²) in [5.41, 5.74) is 7.64. The zero-order valence-corrected chi connectivity index (χ0v) is 10.4. The summed E-state index contributed by atoms with van der Waals surface area (Å²) in [7, 11) is 0. The lowest BCUT2D eigenvalue weighted by Gasteiger charge is -2.06. The number of benzene rings is 1. The first-order valence-electron chi connectivity index (χ1n) is 6.33. The number of aryl methyl sites for hydroxylation is 1. The zero-order chi connectivity index (χ0) is 12.7. The first-order valence-corrected chi connectivity index (χ1v) is 6.33. The molecule has 3 nitrogen and oxygen atoms in total. The molecular weight excluding hydrogens is 229 g/mol. The molecule has 0 unspecified atom stereocenters. The van der Waals surface area contributed by atoms with E-state index in [0.29, 0.717) is 17.6 Å². The van der Waals surface area contributed by atoms with Gasteiger partial charge in [-0.2, -0.15) is 0 Å². The van der Waals surface area contributed by atoms with Crippen LogP contribution in [0.4, 0.5) is 10.2 Å². The van der Waals surface area contributed by atoms with Crippen molar-refractivity contribution in [1.82, 2.24) is 9.55 Å². The van der Waals surface area contributed by atoms with Gasteiger partial charge >= 0.3 is 0 Å². The summed E-state index contributed by atoms with van der Waals surface area (Å²) >= 11 is 0. The van der Waals surface area contributed by atoms with Gasteiger partial charge in [0.1, 0.15) is 23.2 Å². The molecule has 1 saturated carbocycles. The Bertz CT molecular complexity index is 585. The average molecular weight is 245 g/mol. The number of nitrogens with two attached hydrogens (primary N) is 1. The van der Waals surface area contributed by atoms with Gasteiger partial charge < -0.3 is 10.3 Å². The third kappa shape index (κ3) is 1.78. The number of aromatic nitrogens is 2. The van der Waals surface area contributed by atoms with Gasteiger partial charge in [-0.1, -0.05) is 19.1 Å². The molecule has 0 amide bonds. The lowest BCUT2D eigenvalue weighted by Crippen LogP contribution is -2.04. The van der Waals surface area contributed by atoms with Crippen molar-refractivity contribution in [3.8, 4) is 11.3 Å². The number of anilines is 1. The summed E-state index contributed by atoms with van der Waals surface area (Å²) in [5, 5.41) is 0. The maximum atomic E-state index is 13.3. The molecule has 0 radical (unpaired) electrons. The Morgan fingerprint density at radius 3 is 2.83 bits per heavy atom. The molecule has 3 rings (SSSR count). The van der Waals surface area contributed by atoms with E-state index in [-0.39, 0.29) is 5.82 Å². The standard InChI is InChI=1S/C14H16FN3/c1-2-12-17-13(9-4-3-5-10(15)8-9)14(16)18(12)11-6-7-11/h3-5,8,11H,2,6-7,16H2,1H3. The van der Waals surface area contributed by atoms with Gasteiger partial charge in [-0.3, -0.25) is 0 Å². The fraction of sp³-hybridized carbons (Fsp3) is 0.357. The van der Waals surface area contributed by atoms with Gasteiger partial charge in [0.2, 0.25) is 0 Å². The van der Waals surface area contributed by atoms with Crippen molar-refractivity contribution in [3.63, 3.8) is 0 Å². The van der Waals surface area contributed by atoms with E-state index in [1.807, 2.05) is 6.07 Å². The van der Waals surface area contributed by atoms with Gasteiger partial charge in [0.05, 0.1) is 0 Å². The summed E-state index contributed by atoms with van der Waals surface area (Å²) in [6.45, 7) is 2.07. The van der Waals surface area contributed by atoms with Crippen molar-refractivity contribution in [3.05, 3.63) is 35.9 Å². The van der Waals surface area contributed by atoms with Crippen molar-refractivity contribution in [2.75, 3.05) is 5.73 Å². The van der Waals surface area contributed by atoms with E-state index < -0.39 is 0 Å². The molecular formula is C14H16FN3. The van der Waals surface area contributed by atoms with Crippen LogP contribution in [0, 0.1) is 5.82 Å². The van der Waals surface area contributed by atoms with E-state index in [0.717, 1.165) is 30.7 Å². The molecule has 2 N–H and O–H groups in total. The van der Waals surface area contributed by atoms with E-state index in [1.54, 1.807) is 6.07 Å². The number of rotatable bonds is 3. The summed E-state index contributed by atoms with van der Waals surface area (Å²) in [6.07, 6.45) is 3.17. The van der Waals surface area contributed by atoms with E-state index in [1.165, 1.54) is 12.1 Å².